The molecular weight excluding hydrogens is 200 g/mol. The Morgan fingerprint density at radius 1 is 1.29 bits per heavy atom. The average molecular weight is 209 g/mol. The highest BCUT2D eigenvalue weighted by Crippen LogP contribution is 2.27. The summed E-state index contributed by atoms with van der Waals surface area (Å²) in [6, 6.07) is 3.69. The van der Waals surface area contributed by atoms with Crippen molar-refractivity contribution in [2.75, 3.05) is 7.11 Å². The van der Waals surface area contributed by atoms with Crippen LogP contribution in [0.2, 0.25) is 5.02 Å². The van der Waals surface area contributed by atoms with Gasteiger partial charge >= 0.3 is 0 Å². The largest absolute Gasteiger partial charge is 0.480 e. The molecule has 0 N–H and O–H groups in total. The van der Waals surface area contributed by atoms with Gasteiger partial charge in [0.05, 0.1) is 18.0 Å². The lowest BCUT2D eigenvalue weighted by Crippen LogP contribution is -1.92. The molecule has 72 valence electrons. The smallest absolute Gasteiger partial charge is 0.224 e. The third-order valence-corrected chi connectivity index (χ3v) is 2.56. The summed E-state index contributed by atoms with van der Waals surface area (Å²) in [5.74, 6) is 0.578. The quantitative estimate of drug-likeness (QED) is 0.723. The number of methoxy groups -OCH3 is 1. The van der Waals surface area contributed by atoms with E-state index in [2.05, 4.69) is 9.97 Å². The van der Waals surface area contributed by atoms with Gasteiger partial charge in [-0.15, -0.1) is 0 Å². The van der Waals surface area contributed by atoms with Gasteiger partial charge in [-0.2, -0.15) is 0 Å². The average Bonchev–Trinajstić information content (AvgIpc) is 2.23. The van der Waals surface area contributed by atoms with E-state index in [1.807, 2.05) is 19.1 Å². The lowest BCUT2D eigenvalue weighted by molar-refractivity contribution is 0.402. The number of nitrogens with zero attached hydrogens (tertiary/aromatic N) is 2. The molecule has 0 aliphatic heterocycles. The van der Waals surface area contributed by atoms with Gasteiger partial charge in [-0.05, 0) is 24.6 Å². The first-order valence-electron chi connectivity index (χ1n) is 4.18. The number of fused-ring (bicyclic) bond motifs is 1. The maximum Gasteiger partial charge on any atom is 0.224 e. The zero-order valence-electron chi connectivity index (χ0n) is 7.91. The molecule has 1 aromatic heterocycles. The van der Waals surface area contributed by atoms with Gasteiger partial charge < -0.3 is 4.74 Å². The zero-order chi connectivity index (χ0) is 10.1. The van der Waals surface area contributed by atoms with Gasteiger partial charge in [-0.3, -0.25) is 0 Å². The predicted octanol–water partition coefficient (Wildman–Crippen LogP) is 2.60. The van der Waals surface area contributed by atoms with Crippen LogP contribution in [-0.2, 0) is 0 Å². The standard InChI is InChI=1S/C10H9ClN2O/c1-6-8(11)4-3-7-9(6)12-5-13-10(7)14-2/h3-5H,1-2H3. The molecule has 0 atom stereocenters. The summed E-state index contributed by atoms with van der Waals surface area (Å²) in [7, 11) is 1.59. The van der Waals surface area contributed by atoms with Crippen LogP contribution in [0.1, 0.15) is 5.56 Å². The molecule has 0 unspecified atom stereocenters. The van der Waals surface area contributed by atoms with Crippen LogP contribution in [0.3, 0.4) is 0 Å². The Kier molecular flexibility index (Phi) is 2.25. The van der Waals surface area contributed by atoms with Crippen LogP contribution in [-0.4, -0.2) is 17.1 Å². The fourth-order valence-electron chi connectivity index (χ4n) is 1.39. The van der Waals surface area contributed by atoms with E-state index in [-0.39, 0.29) is 0 Å². The summed E-state index contributed by atoms with van der Waals surface area (Å²) in [5.41, 5.74) is 1.79. The minimum Gasteiger partial charge on any atom is -0.480 e. The lowest BCUT2D eigenvalue weighted by Gasteiger charge is -2.05. The molecule has 1 aromatic carbocycles. The van der Waals surface area contributed by atoms with Gasteiger partial charge in [0, 0.05) is 5.02 Å². The first-order chi connectivity index (χ1) is 6.74. The van der Waals surface area contributed by atoms with E-state index in [1.165, 1.54) is 6.33 Å². The first kappa shape index (κ1) is 9.21. The van der Waals surface area contributed by atoms with E-state index in [1.54, 1.807) is 7.11 Å². The summed E-state index contributed by atoms with van der Waals surface area (Å²) < 4.78 is 5.13. The molecule has 0 fully saturated rings. The number of rotatable bonds is 1. The number of hydrogen-bond acceptors (Lipinski definition) is 3. The molecule has 0 aliphatic carbocycles. The lowest BCUT2D eigenvalue weighted by atomic mass is 10.1. The molecule has 2 rings (SSSR count). The molecule has 0 saturated carbocycles. The van der Waals surface area contributed by atoms with E-state index < -0.39 is 0 Å². The first-order valence-corrected chi connectivity index (χ1v) is 4.55. The maximum absolute atomic E-state index is 5.98. The van der Waals surface area contributed by atoms with Crippen molar-refractivity contribution in [2.45, 2.75) is 6.92 Å². The van der Waals surface area contributed by atoms with Crippen molar-refractivity contribution >= 4 is 22.5 Å². The molecule has 0 bridgehead atoms. The summed E-state index contributed by atoms with van der Waals surface area (Å²) >= 11 is 5.98. The molecule has 2 aromatic rings. The van der Waals surface area contributed by atoms with Crippen molar-refractivity contribution in [3.8, 4) is 5.88 Å². The molecule has 0 aliphatic rings. The second kappa shape index (κ2) is 3.42. The molecule has 0 saturated heterocycles. The summed E-state index contributed by atoms with van der Waals surface area (Å²) in [4.78, 5) is 8.19. The maximum atomic E-state index is 5.98. The normalized spacial score (nSPS) is 10.5. The topological polar surface area (TPSA) is 35.0 Å². The minimum absolute atomic E-state index is 0.578. The number of halogens is 1. The second-order valence-electron chi connectivity index (χ2n) is 2.95. The summed E-state index contributed by atoms with van der Waals surface area (Å²) in [5, 5.41) is 1.59. The molecule has 1 heterocycles. The Morgan fingerprint density at radius 2 is 2.07 bits per heavy atom. The Balaban J connectivity index is 2.86. The summed E-state index contributed by atoms with van der Waals surface area (Å²) in [6.07, 6.45) is 1.48. The Bertz CT molecular complexity index is 485. The van der Waals surface area contributed by atoms with Gasteiger partial charge in [-0.25, -0.2) is 9.97 Å². The highest BCUT2D eigenvalue weighted by atomic mass is 35.5. The van der Waals surface area contributed by atoms with Gasteiger partial charge in [0.1, 0.15) is 6.33 Å². The van der Waals surface area contributed by atoms with Crippen LogP contribution in [0.25, 0.3) is 10.9 Å². The second-order valence-corrected chi connectivity index (χ2v) is 3.36. The van der Waals surface area contributed by atoms with E-state index in [0.29, 0.717) is 10.9 Å². The third kappa shape index (κ3) is 1.30. The van der Waals surface area contributed by atoms with Crippen LogP contribution >= 0.6 is 11.6 Å². The van der Waals surface area contributed by atoms with Gasteiger partial charge in [0.15, 0.2) is 0 Å². The third-order valence-electron chi connectivity index (χ3n) is 2.15. The number of aromatic nitrogens is 2. The monoisotopic (exact) mass is 208 g/mol. The molecule has 4 heteroatoms. The van der Waals surface area contributed by atoms with Crippen LogP contribution < -0.4 is 4.74 Å². The Morgan fingerprint density at radius 3 is 2.79 bits per heavy atom. The highest BCUT2D eigenvalue weighted by molar-refractivity contribution is 6.32. The minimum atomic E-state index is 0.578. The van der Waals surface area contributed by atoms with Crippen molar-refractivity contribution in [3.63, 3.8) is 0 Å². The Hall–Kier alpha value is -1.35. The van der Waals surface area contributed by atoms with E-state index in [4.69, 9.17) is 16.3 Å². The van der Waals surface area contributed by atoms with Crippen molar-refractivity contribution in [1.82, 2.24) is 9.97 Å². The molecule has 0 radical (unpaired) electrons. The Labute approximate surface area is 86.7 Å². The van der Waals surface area contributed by atoms with Crippen molar-refractivity contribution in [2.24, 2.45) is 0 Å². The van der Waals surface area contributed by atoms with E-state index >= 15 is 0 Å². The van der Waals surface area contributed by atoms with Gasteiger partial charge in [0.25, 0.3) is 0 Å². The zero-order valence-corrected chi connectivity index (χ0v) is 8.67. The SMILES string of the molecule is COc1ncnc2c(C)c(Cl)ccc12. The fourth-order valence-corrected chi connectivity index (χ4v) is 1.54. The molecule has 0 amide bonds. The number of aryl methyl sites for hydroxylation is 1. The molecule has 14 heavy (non-hydrogen) atoms. The van der Waals surface area contributed by atoms with E-state index in [9.17, 15) is 0 Å². The van der Waals surface area contributed by atoms with Crippen molar-refractivity contribution < 1.29 is 4.74 Å². The fraction of sp³-hybridized carbons (Fsp3) is 0.200. The molecular formula is C10H9ClN2O. The number of ether oxygens (including phenoxy) is 1. The molecule has 3 nitrogen and oxygen atoms in total. The molecule has 0 spiro atoms. The van der Waals surface area contributed by atoms with Crippen molar-refractivity contribution in [3.05, 3.63) is 29.0 Å². The van der Waals surface area contributed by atoms with Crippen molar-refractivity contribution in [1.29, 1.82) is 0 Å². The predicted molar refractivity (Wildman–Crippen MR) is 55.8 cm³/mol. The van der Waals surface area contributed by atoms with E-state index in [0.717, 1.165) is 16.5 Å². The van der Waals surface area contributed by atoms with Gasteiger partial charge in [-0.1, -0.05) is 11.6 Å². The number of hydrogen-bond donors (Lipinski definition) is 0. The highest BCUT2D eigenvalue weighted by Gasteiger charge is 2.07. The van der Waals surface area contributed by atoms with Crippen LogP contribution in [0.4, 0.5) is 0 Å². The van der Waals surface area contributed by atoms with Crippen LogP contribution in [0.15, 0.2) is 18.5 Å². The van der Waals surface area contributed by atoms with Gasteiger partial charge in [0.2, 0.25) is 5.88 Å². The summed E-state index contributed by atoms with van der Waals surface area (Å²) in [6.45, 7) is 1.93. The van der Waals surface area contributed by atoms with Crippen LogP contribution in [0, 0.1) is 6.92 Å². The van der Waals surface area contributed by atoms with Crippen LogP contribution in [0.5, 0.6) is 5.88 Å². The number of benzene rings is 1.